The number of carboxylic acids is 1. The Hall–Kier alpha value is -1.73. The molecule has 0 radical (unpaired) electrons. The van der Waals surface area contributed by atoms with Crippen molar-refractivity contribution < 1.29 is 9.90 Å². The average Bonchev–Trinajstić information content (AvgIpc) is 2.25. The largest absolute Gasteiger partial charge is 0.481 e. The molecule has 0 amide bonds. The summed E-state index contributed by atoms with van der Waals surface area (Å²) in [5.41, 5.74) is 0. The Bertz CT molecular complexity index is 397. The lowest BCUT2D eigenvalue weighted by molar-refractivity contribution is -0.136. The van der Waals surface area contributed by atoms with Gasteiger partial charge in [0.05, 0.1) is 18.0 Å². The maximum Gasteiger partial charge on any atom is 0.305 e. The summed E-state index contributed by atoms with van der Waals surface area (Å²) in [6.45, 7) is 0.649. The average molecular weight is 239 g/mol. The number of rotatable bonds is 5. The van der Waals surface area contributed by atoms with Crippen molar-refractivity contribution in [1.82, 2.24) is 4.98 Å². The maximum absolute atomic E-state index is 10.5. The minimum absolute atomic E-state index is 0.0198. The summed E-state index contributed by atoms with van der Waals surface area (Å²) in [6, 6.07) is 3.40. The molecule has 0 unspecified atom stereocenters. The van der Waals surface area contributed by atoms with E-state index in [0.717, 1.165) is 0 Å². The number of aromatic nitrogens is 1. The van der Waals surface area contributed by atoms with Crippen molar-refractivity contribution >= 4 is 23.4 Å². The van der Waals surface area contributed by atoms with Crippen molar-refractivity contribution in [3.05, 3.63) is 23.4 Å². The number of hydrogen-bond acceptors (Lipinski definition) is 3. The molecule has 1 heterocycles. The topological polar surface area (TPSA) is 53.4 Å². The standard InChI is InChI=1S/C11H11ClN2O2/c1-2-6-14(7-5-11(15)16)10-4-3-9(12)8-13-10/h1,3-4,8H,5-7H2,(H,15,16). The molecule has 0 bridgehead atoms. The van der Waals surface area contributed by atoms with Crippen molar-refractivity contribution in [2.45, 2.75) is 6.42 Å². The third kappa shape index (κ3) is 3.79. The zero-order valence-electron chi connectivity index (χ0n) is 8.56. The summed E-state index contributed by atoms with van der Waals surface area (Å²) in [5, 5.41) is 9.13. The van der Waals surface area contributed by atoms with Gasteiger partial charge in [-0.1, -0.05) is 17.5 Å². The molecule has 5 heteroatoms. The number of carbonyl (C=O) groups is 1. The second kappa shape index (κ2) is 5.99. The van der Waals surface area contributed by atoms with Crippen molar-refractivity contribution in [2.75, 3.05) is 18.0 Å². The molecular formula is C11H11ClN2O2. The van der Waals surface area contributed by atoms with Crippen LogP contribution in [-0.4, -0.2) is 29.1 Å². The fourth-order valence-electron chi connectivity index (χ4n) is 1.17. The van der Waals surface area contributed by atoms with Crippen LogP contribution in [0.4, 0.5) is 5.82 Å². The predicted molar refractivity (Wildman–Crippen MR) is 62.5 cm³/mol. The first-order chi connectivity index (χ1) is 7.63. The lowest BCUT2D eigenvalue weighted by Gasteiger charge is -2.20. The Morgan fingerprint density at radius 1 is 1.62 bits per heavy atom. The summed E-state index contributed by atoms with van der Waals surface area (Å²) < 4.78 is 0. The minimum atomic E-state index is -0.865. The van der Waals surface area contributed by atoms with Crippen molar-refractivity contribution in [3.8, 4) is 12.3 Å². The van der Waals surface area contributed by atoms with E-state index in [9.17, 15) is 4.79 Å². The molecule has 0 aliphatic rings. The normalized spacial score (nSPS) is 9.50. The summed E-state index contributed by atoms with van der Waals surface area (Å²) in [5.74, 6) is 2.23. The van der Waals surface area contributed by atoms with E-state index in [0.29, 0.717) is 23.9 Å². The van der Waals surface area contributed by atoms with Gasteiger partial charge in [0.1, 0.15) is 5.82 Å². The van der Waals surface area contributed by atoms with Gasteiger partial charge in [-0.2, -0.15) is 0 Å². The number of carboxylic acid groups (broad SMARTS) is 1. The summed E-state index contributed by atoms with van der Waals surface area (Å²) in [6.07, 6.45) is 6.73. The van der Waals surface area contributed by atoms with Crippen LogP contribution in [0.3, 0.4) is 0 Å². The molecule has 0 aliphatic heterocycles. The molecule has 0 aromatic carbocycles. The van der Waals surface area contributed by atoms with E-state index in [-0.39, 0.29) is 6.42 Å². The Labute approximate surface area is 98.9 Å². The van der Waals surface area contributed by atoms with E-state index >= 15 is 0 Å². The van der Waals surface area contributed by atoms with Crippen LogP contribution in [0, 0.1) is 12.3 Å². The lowest BCUT2D eigenvalue weighted by atomic mass is 10.3. The number of pyridine rings is 1. The van der Waals surface area contributed by atoms with Crippen LogP contribution in [-0.2, 0) is 4.79 Å². The Morgan fingerprint density at radius 3 is 2.88 bits per heavy atom. The molecule has 1 aromatic heterocycles. The monoisotopic (exact) mass is 238 g/mol. The van der Waals surface area contributed by atoms with Crippen molar-refractivity contribution in [2.24, 2.45) is 0 Å². The maximum atomic E-state index is 10.5. The third-order valence-corrected chi connectivity index (χ3v) is 2.14. The fraction of sp³-hybridized carbons (Fsp3) is 0.273. The van der Waals surface area contributed by atoms with Gasteiger partial charge in [0.25, 0.3) is 0 Å². The first-order valence-electron chi connectivity index (χ1n) is 4.65. The van der Waals surface area contributed by atoms with Crippen LogP contribution in [0.1, 0.15) is 6.42 Å². The molecule has 0 saturated carbocycles. The van der Waals surface area contributed by atoms with Gasteiger partial charge in [0.2, 0.25) is 0 Å². The van der Waals surface area contributed by atoms with Crippen LogP contribution in [0.2, 0.25) is 5.02 Å². The molecule has 0 fully saturated rings. The third-order valence-electron chi connectivity index (χ3n) is 1.91. The number of aliphatic carboxylic acids is 1. The highest BCUT2D eigenvalue weighted by Gasteiger charge is 2.08. The molecule has 84 valence electrons. The quantitative estimate of drug-likeness (QED) is 0.793. The van der Waals surface area contributed by atoms with Crippen LogP contribution >= 0.6 is 11.6 Å². The molecule has 16 heavy (non-hydrogen) atoms. The molecule has 1 N–H and O–H groups in total. The van der Waals surface area contributed by atoms with E-state index in [1.807, 2.05) is 0 Å². The molecule has 1 aromatic rings. The SMILES string of the molecule is C#CCN(CCC(=O)O)c1ccc(Cl)cn1. The highest BCUT2D eigenvalue weighted by Crippen LogP contribution is 2.14. The fourth-order valence-corrected chi connectivity index (χ4v) is 1.28. The van der Waals surface area contributed by atoms with Gasteiger partial charge in [-0.05, 0) is 12.1 Å². The van der Waals surface area contributed by atoms with Gasteiger partial charge < -0.3 is 10.0 Å². The second-order valence-electron chi connectivity index (χ2n) is 3.10. The number of terminal acetylenes is 1. The number of nitrogens with zero attached hydrogens (tertiary/aromatic N) is 2. The first kappa shape index (κ1) is 12.3. The Kier molecular flexibility index (Phi) is 4.62. The molecule has 0 atom stereocenters. The number of anilines is 1. The molecule has 0 aliphatic carbocycles. The van der Waals surface area contributed by atoms with Gasteiger partial charge in [-0.3, -0.25) is 4.79 Å². The van der Waals surface area contributed by atoms with Crippen molar-refractivity contribution in [3.63, 3.8) is 0 Å². The Morgan fingerprint density at radius 2 is 2.38 bits per heavy atom. The summed E-state index contributed by atoms with van der Waals surface area (Å²) >= 11 is 5.71. The van der Waals surface area contributed by atoms with E-state index in [4.69, 9.17) is 23.1 Å². The molecule has 1 rings (SSSR count). The molecule has 0 saturated heterocycles. The smallest absolute Gasteiger partial charge is 0.305 e. The zero-order valence-corrected chi connectivity index (χ0v) is 9.31. The van der Waals surface area contributed by atoms with Crippen LogP contribution < -0.4 is 4.90 Å². The summed E-state index contributed by atoms with van der Waals surface area (Å²) in [7, 11) is 0. The first-order valence-corrected chi connectivity index (χ1v) is 5.03. The van der Waals surface area contributed by atoms with Gasteiger partial charge in [-0.15, -0.1) is 6.42 Å². The summed E-state index contributed by atoms with van der Waals surface area (Å²) in [4.78, 5) is 16.3. The van der Waals surface area contributed by atoms with E-state index < -0.39 is 5.97 Å². The highest BCUT2D eigenvalue weighted by atomic mass is 35.5. The second-order valence-corrected chi connectivity index (χ2v) is 3.54. The van der Waals surface area contributed by atoms with Gasteiger partial charge in [0.15, 0.2) is 0 Å². The molecular weight excluding hydrogens is 228 g/mol. The zero-order chi connectivity index (χ0) is 12.0. The number of hydrogen-bond donors (Lipinski definition) is 1. The van der Waals surface area contributed by atoms with Crippen LogP contribution in [0.5, 0.6) is 0 Å². The number of halogens is 1. The molecule has 0 spiro atoms. The van der Waals surface area contributed by atoms with Gasteiger partial charge in [-0.25, -0.2) is 4.98 Å². The lowest BCUT2D eigenvalue weighted by Crippen LogP contribution is -2.27. The van der Waals surface area contributed by atoms with E-state index in [1.165, 1.54) is 6.20 Å². The molecule has 4 nitrogen and oxygen atoms in total. The van der Waals surface area contributed by atoms with E-state index in [1.54, 1.807) is 17.0 Å². The van der Waals surface area contributed by atoms with Crippen LogP contribution in [0.25, 0.3) is 0 Å². The van der Waals surface area contributed by atoms with E-state index in [2.05, 4.69) is 10.9 Å². The van der Waals surface area contributed by atoms with Crippen molar-refractivity contribution in [1.29, 1.82) is 0 Å². The Balaban J connectivity index is 2.73. The van der Waals surface area contributed by atoms with Gasteiger partial charge >= 0.3 is 5.97 Å². The minimum Gasteiger partial charge on any atom is -0.481 e. The van der Waals surface area contributed by atoms with Gasteiger partial charge in [0, 0.05) is 12.7 Å². The highest BCUT2D eigenvalue weighted by molar-refractivity contribution is 6.30. The van der Waals surface area contributed by atoms with Crippen LogP contribution in [0.15, 0.2) is 18.3 Å². The predicted octanol–water partition coefficient (Wildman–Crippen LogP) is 1.65.